The van der Waals surface area contributed by atoms with E-state index < -0.39 is 0 Å². The lowest BCUT2D eigenvalue weighted by molar-refractivity contribution is -0.131. The molecule has 28 heavy (non-hydrogen) atoms. The number of nitrogens with zero attached hydrogens (tertiary/aromatic N) is 2. The monoisotopic (exact) mass is 446 g/mol. The summed E-state index contributed by atoms with van der Waals surface area (Å²) in [7, 11) is 0. The Morgan fingerprint density at radius 3 is 2.32 bits per heavy atom. The number of carbonyl (C=O) groups excluding carboxylic acids is 2. The van der Waals surface area contributed by atoms with Crippen molar-refractivity contribution in [3.63, 3.8) is 0 Å². The second-order valence-corrected chi connectivity index (χ2v) is 7.98. The van der Waals surface area contributed by atoms with Crippen molar-refractivity contribution >= 4 is 27.6 Å². The molecular weight excluding hydrogens is 423 g/mol. The molecule has 0 radical (unpaired) electrons. The van der Waals surface area contributed by atoms with Gasteiger partial charge in [0.05, 0.1) is 0 Å². The molecule has 0 spiro atoms. The van der Waals surface area contributed by atoms with E-state index in [0.717, 1.165) is 36.1 Å². The number of rotatable bonds is 6. The van der Waals surface area contributed by atoms with E-state index in [9.17, 15) is 14.0 Å². The third kappa shape index (κ3) is 5.97. The number of Topliss-reactive ketones (excluding diaryl/α,β-unsaturated/α-hetero) is 1. The normalized spacial score (nSPS) is 15.3. The number of hydrogen-bond donors (Lipinski definition) is 0. The van der Waals surface area contributed by atoms with Gasteiger partial charge in [0.1, 0.15) is 5.82 Å². The molecule has 6 heteroatoms. The highest BCUT2D eigenvalue weighted by atomic mass is 79.9. The molecule has 0 aromatic heterocycles. The van der Waals surface area contributed by atoms with E-state index in [1.54, 1.807) is 24.3 Å². The van der Waals surface area contributed by atoms with E-state index in [-0.39, 0.29) is 30.3 Å². The molecule has 1 fully saturated rings. The van der Waals surface area contributed by atoms with Gasteiger partial charge in [-0.15, -0.1) is 0 Å². The predicted molar refractivity (Wildman–Crippen MR) is 111 cm³/mol. The number of benzene rings is 2. The summed E-state index contributed by atoms with van der Waals surface area (Å²) < 4.78 is 14.0. The highest BCUT2D eigenvalue weighted by Crippen LogP contribution is 2.14. The summed E-state index contributed by atoms with van der Waals surface area (Å²) in [4.78, 5) is 29.0. The standard InChI is InChI=1S/C22H24BrFN2O2/c23-19-6-4-18(5-7-19)21(27)10-11-22(28)26-13-1-12-25(14-15-26)16-17-2-8-20(24)9-3-17/h2-9H,1,10-16H2. The van der Waals surface area contributed by atoms with Crippen LogP contribution in [-0.4, -0.2) is 47.7 Å². The van der Waals surface area contributed by atoms with Gasteiger partial charge in [0.2, 0.25) is 5.91 Å². The van der Waals surface area contributed by atoms with Gasteiger partial charge in [0.15, 0.2) is 5.78 Å². The summed E-state index contributed by atoms with van der Waals surface area (Å²) in [5.41, 5.74) is 1.71. The van der Waals surface area contributed by atoms with Crippen LogP contribution in [0, 0.1) is 5.82 Å². The minimum atomic E-state index is -0.228. The van der Waals surface area contributed by atoms with E-state index in [2.05, 4.69) is 20.8 Å². The summed E-state index contributed by atoms with van der Waals surface area (Å²) >= 11 is 3.35. The first kappa shape index (κ1) is 20.7. The van der Waals surface area contributed by atoms with Gasteiger partial charge in [-0.2, -0.15) is 0 Å². The first-order chi connectivity index (χ1) is 13.5. The Morgan fingerprint density at radius 1 is 0.893 bits per heavy atom. The van der Waals surface area contributed by atoms with E-state index >= 15 is 0 Å². The number of halogens is 2. The molecule has 1 amide bonds. The molecule has 0 saturated carbocycles. The van der Waals surface area contributed by atoms with Gasteiger partial charge in [0, 0.05) is 55.6 Å². The van der Waals surface area contributed by atoms with Crippen molar-refractivity contribution in [2.24, 2.45) is 0 Å². The molecule has 1 aliphatic rings. The van der Waals surface area contributed by atoms with Crippen molar-refractivity contribution in [3.05, 3.63) is 69.9 Å². The maximum atomic E-state index is 13.0. The van der Waals surface area contributed by atoms with E-state index in [1.165, 1.54) is 12.1 Å². The fourth-order valence-electron chi connectivity index (χ4n) is 3.39. The Kier molecular flexibility index (Phi) is 7.34. The number of ketones is 1. The molecule has 3 rings (SSSR count). The summed E-state index contributed by atoms with van der Waals surface area (Å²) in [5, 5.41) is 0. The van der Waals surface area contributed by atoms with Gasteiger partial charge < -0.3 is 4.90 Å². The van der Waals surface area contributed by atoms with Crippen LogP contribution in [0.5, 0.6) is 0 Å². The molecule has 1 aliphatic heterocycles. The molecule has 1 heterocycles. The van der Waals surface area contributed by atoms with Crippen LogP contribution in [0.25, 0.3) is 0 Å². The summed E-state index contributed by atoms with van der Waals surface area (Å²) in [6, 6.07) is 13.8. The molecule has 2 aromatic carbocycles. The Bertz CT molecular complexity index is 808. The Hall–Kier alpha value is -2.05. The molecule has 0 bridgehead atoms. The quantitative estimate of drug-likeness (QED) is 0.621. The zero-order valence-corrected chi connectivity index (χ0v) is 17.3. The largest absolute Gasteiger partial charge is 0.341 e. The lowest BCUT2D eigenvalue weighted by Crippen LogP contribution is -2.35. The van der Waals surface area contributed by atoms with Crippen LogP contribution in [0.4, 0.5) is 4.39 Å². The topological polar surface area (TPSA) is 40.6 Å². The maximum absolute atomic E-state index is 13.0. The van der Waals surface area contributed by atoms with Crippen molar-refractivity contribution in [1.82, 2.24) is 9.80 Å². The minimum absolute atomic E-state index is 0.00592. The van der Waals surface area contributed by atoms with Gasteiger partial charge in [-0.1, -0.05) is 40.2 Å². The average molecular weight is 447 g/mol. The van der Waals surface area contributed by atoms with Gasteiger partial charge in [0.25, 0.3) is 0 Å². The first-order valence-corrected chi connectivity index (χ1v) is 10.3. The van der Waals surface area contributed by atoms with Crippen molar-refractivity contribution < 1.29 is 14.0 Å². The Labute approximate surface area is 173 Å². The van der Waals surface area contributed by atoms with Crippen LogP contribution in [0.3, 0.4) is 0 Å². The summed E-state index contributed by atoms with van der Waals surface area (Å²) in [6.07, 6.45) is 1.37. The molecule has 148 valence electrons. The number of carbonyl (C=O) groups is 2. The molecule has 0 N–H and O–H groups in total. The molecular formula is C22H24BrFN2O2. The van der Waals surface area contributed by atoms with E-state index in [4.69, 9.17) is 0 Å². The molecule has 0 unspecified atom stereocenters. The van der Waals surface area contributed by atoms with Gasteiger partial charge in [-0.25, -0.2) is 4.39 Å². The highest BCUT2D eigenvalue weighted by molar-refractivity contribution is 9.10. The average Bonchev–Trinajstić information content (AvgIpc) is 2.94. The maximum Gasteiger partial charge on any atom is 0.223 e. The van der Waals surface area contributed by atoms with Crippen molar-refractivity contribution in [2.75, 3.05) is 26.2 Å². The predicted octanol–water partition coefficient (Wildman–Crippen LogP) is 4.29. The van der Waals surface area contributed by atoms with Crippen molar-refractivity contribution in [1.29, 1.82) is 0 Å². The van der Waals surface area contributed by atoms with E-state index in [1.807, 2.05) is 17.0 Å². The van der Waals surface area contributed by atoms with Crippen LogP contribution in [0.2, 0.25) is 0 Å². The lowest BCUT2D eigenvalue weighted by atomic mass is 10.1. The third-order valence-corrected chi connectivity index (χ3v) is 5.52. The zero-order chi connectivity index (χ0) is 19.9. The second-order valence-electron chi connectivity index (χ2n) is 7.07. The molecule has 1 saturated heterocycles. The SMILES string of the molecule is O=C(CCC(=O)N1CCCN(Cc2ccc(F)cc2)CC1)c1ccc(Br)cc1. The molecule has 2 aromatic rings. The van der Waals surface area contributed by atoms with Gasteiger partial charge in [-0.05, 0) is 36.2 Å². The van der Waals surface area contributed by atoms with Crippen LogP contribution >= 0.6 is 15.9 Å². The Balaban J connectivity index is 1.46. The van der Waals surface area contributed by atoms with Crippen LogP contribution < -0.4 is 0 Å². The Morgan fingerprint density at radius 2 is 1.61 bits per heavy atom. The number of amides is 1. The first-order valence-electron chi connectivity index (χ1n) is 9.54. The van der Waals surface area contributed by atoms with Gasteiger partial charge >= 0.3 is 0 Å². The minimum Gasteiger partial charge on any atom is -0.341 e. The van der Waals surface area contributed by atoms with Gasteiger partial charge in [-0.3, -0.25) is 14.5 Å². The molecule has 4 nitrogen and oxygen atoms in total. The molecule has 0 atom stereocenters. The zero-order valence-electron chi connectivity index (χ0n) is 15.7. The smallest absolute Gasteiger partial charge is 0.223 e. The van der Waals surface area contributed by atoms with Crippen LogP contribution in [0.1, 0.15) is 35.2 Å². The second kappa shape index (κ2) is 9.94. The van der Waals surface area contributed by atoms with Crippen molar-refractivity contribution in [3.8, 4) is 0 Å². The number of hydrogen-bond acceptors (Lipinski definition) is 3. The summed E-state index contributed by atoms with van der Waals surface area (Å²) in [5.74, 6) is -0.197. The lowest BCUT2D eigenvalue weighted by Gasteiger charge is -2.22. The van der Waals surface area contributed by atoms with Crippen LogP contribution in [0.15, 0.2) is 53.0 Å². The molecule has 0 aliphatic carbocycles. The fourth-order valence-corrected chi connectivity index (χ4v) is 3.65. The summed E-state index contributed by atoms with van der Waals surface area (Å²) in [6.45, 7) is 3.81. The van der Waals surface area contributed by atoms with E-state index in [0.29, 0.717) is 18.7 Å². The van der Waals surface area contributed by atoms with Crippen LogP contribution in [-0.2, 0) is 11.3 Å². The third-order valence-electron chi connectivity index (χ3n) is 4.99. The van der Waals surface area contributed by atoms with Crippen molar-refractivity contribution in [2.45, 2.75) is 25.8 Å². The fraction of sp³-hybridized carbons (Fsp3) is 0.364. The highest BCUT2D eigenvalue weighted by Gasteiger charge is 2.20.